The van der Waals surface area contributed by atoms with Gasteiger partial charge in [-0.1, -0.05) is 30.3 Å². The Morgan fingerprint density at radius 1 is 1.33 bits per heavy atom. The number of carbonyl (C=O) groups is 1. The minimum absolute atomic E-state index is 0. The summed E-state index contributed by atoms with van der Waals surface area (Å²) in [5, 5.41) is 12.7. The van der Waals surface area contributed by atoms with E-state index in [0.717, 1.165) is 31.5 Å². The van der Waals surface area contributed by atoms with Gasteiger partial charge in [-0.3, -0.25) is 0 Å². The zero-order chi connectivity index (χ0) is 13.9. The number of benzene rings is 1. The van der Waals surface area contributed by atoms with E-state index in [1.807, 2.05) is 34.9 Å². The maximum Gasteiger partial charge on any atom is 0.356 e. The first-order valence-corrected chi connectivity index (χ1v) is 6.83. The van der Waals surface area contributed by atoms with Crippen LogP contribution >= 0.6 is 12.4 Å². The fourth-order valence-electron chi connectivity index (χ4n) is 2.75. The average Bonchev–Trinajstić information content (AvgIpc) is 2.94. The van der Waals surface area contributed by atoms with Crippen LogP contribution in [0.3, 0.4) is 0 Å². The van der Waals surface area contributed by atoms with Crippen LogP contribution in [0.1, 0.15) is 29.4 Å². The highest BCUT2D eigenvalue weighted by Gasteiger charge is 2.24. The van der Waals surface area contributed by atoms with E-state index >= 15 is 0 Å². The number of carboxylic acid groups (broad SMARTS) is 1. The summed E-state index contributed by atoms with van der Waals surface area (Å²) in [4.78, 5) is 15.5. The van der Waals surface area contributed by atoms with Crippen LogP contribution in [0.2, 0.25) is 0 Å². The molecule has 1 aromatic heterocycles. The van der Waals surface area contributed by atoms with Crippen molar-refractivity contribution in [2.45, 2.75) is 18.9 Å². The van der Waals surface area contributed by atoms with Gasteiger partial charge in [-0.25, -0.2) is 9.78 Å². The maximum atomic E-state index is 11.4. The number of imidazole rings is 1. The van der Waals surface area contributed by atoms with Crippen LogP contribution in [0.5, 0.6) is 0 Å². The molecule has 1 aliphatic heterocycles. The number of halogens is 1. The molecular formula is C15H18ClN3O2. The quantitative estimate of drug-likeness (QED) is 0.914. The van der Waals surface area contributed by atoms with Gasteiger partial charge < -0.3 is 15.0 Å². The third kappa shape index (κ3) is 3.09. The Kier molecular flexibility index (Phi) is 4.98. The topological polar surface area (TPSA) is 67.1 Å². The third-order valence-electron chi connectivity index (χ3n) is 3.71. The number of nitrogens with zero attached hydrogens (tertiary/aromatic N) is 2. The van der Waals surface area contributed by atoms with Crippen molar-refractivity contribution in [1.29, 1.82) is 0 Å². The molecule has 3 rings (SSSR count). The van der Waals surface area contributed by atoms with Gasteiger partial charge in [-0.15, -0.1) is 12.4 Å². The molecule has 0 spiro atoms. The number of rotatable bonds is 3. The summed E-state index contributed by atoms with van der Waals surface area (Å²) in [5.41, 5.74) is 1.72. The molecule has 1 unspecified atom stereocenters. The SMILES string of the molecule is Cl.O=C(O)c1ncn(C2CCCNC2)c1-c1ccccc1. The van der Waals surface area contributed by atoms with Crippen LogP contribution in [-0.4, -0.2) is 33.7 Å². The molecule has 1 aromatic carbocycles. The van der Waals surface area contributed by atoms with Gasteiger partial charge in [0.05, 0.1) is 12.0 Å². The molecule has 0 aliphatic carbocycles. The Labute approximate surface area is 129 Å². The van der Waals surface area contributed by atoms with Crippen molar-refractivity contribution in [2.75, 3.05) is 13.1 Å². The Morgan fingerprint density at radius 2 is 2.10 bits per heavy atom. The van der Waals surface area contributed by atoms with Crippen LogP contribution < -0.4 is 5.32 Å². The molecule has 1 saturated heterocycles. The van der Waals surface area contributed by atoms with Crippen molar-refractivity contribution < 1.29 is 9.90 Å². The van der Waals surface area contributed by atoms with Crippen LogP contribution in [0.15, 0.2) is 36.7 Å². The molecule has 112 valence electrons. The van der Waals surface area contributed by atoms with Crippen molar-refractivity contribution in [3.05, 3.63) is 42.4 Å². The molecule has 2 heterocycles. The predicted molar refractivity (Wildman–Crippen MR) is 83.0 cm³/mol. The van der Waals surface area contributed by atoms with E-state index in [-0.39, 0.29) is 24.1 Å². The van der Waals surface area contributed by atoms with E-state index in [0.29, 0.717) is 5.69 Å². The summed E-state index contributed by atoms with van der Waals surface area (Å²) in [5.74, 6) is -0.980. The molecule has 6 heteroatoms. The van der Waals surface area contributed by atoms with Gasteiger partial charge in [-0.05, 0) is 19.4 Å². The van der Waals surface area contributed by atoms with Crippen molar-refractivity contribution in [1.82, 2.24) is 14.9 Å². The third-order valence-corrected chi connectivity index (χ3v) is 3.71. The number of piperidine rings is 1. The molecule has 0 bridgehead atoms. The first-order valence-electron chi connectivity index (χ1n) is 6.83. The van der Waals surface area contributed by atoms with Gasteiger partial charge in [0.15, 0.2) is 5.69 Å². The lowest BCUT2D eigenvalue weighted by Gasteiger charge is -2.25. The monoisotopic (exact) mass is 307 g/mol. The molecule has 1 aliphatic rings. The number of hydrogen-bond donors (Lipinski definition) is 2. The normalized spacial score (nSPS) is 18.0. The van der Waals surface area contributed by atoms with E-state index in [4.69, 9.17) is 0 Å². The average molecular weight is 308 g/mol. The maximum absolute atomic E-state index is 11.4. The molecular weight excluding hydrogens is 290 g/mol. The van der Waals surface area contributed by atoms with Gasteiger partial charge in [-0.2, -0.15) is 0 Å². The molecule has 2 N–H and O–H groups in total. The highest BCUT2D eigenvalue weighted by molar-refractivity contribution is 5.93. The van der Waals surface area contributed by atoms with Gasteiger partial charge >= 0.3 is 5.97 Å². The van der Waals surface area contributed by atoms with E-state index in [9.17, 15) is 9.90 Å². The summed E-state index contributed by atoms with van der Waals surface area (Å²) in [6.07, 6.45) is 3.80. The van der Waals surface area contributed by atoms with Crippen molar-refractivity contribution in [3.63, 3.8) is 0 Å². The van der Waals surface area contributed by atoms with E-state index in [1.54, 1.807) is 6.33 Å². The van der Waals surface area contributed by atoms with Crippen molar-refractivity contribution in [2.24, 2.45) is 0 Å². The van der Waals surface area contributed by atoms with Gasteiger partial charge in [0.1, 0.15) is 0 Å². The summed E-state index contributed by atoms with van der Waals surface area (Å²) in [6, 6.07) is 9.87. The second-order valence-corrected chi connectivity index (χ2v) is 5.02. The molecule has 5 nitrogen and oxygen atoms in total. The van der Waals surface area contributed by atoms with Gasteiger partial charge in [0.2, 0.25) is 0 Å². The summed E-state index contributed by atoms with van der Waals surface area (Å²) in [7, 11) is 0. The van der Waals surface area contributed by atoms with Crippen LogP contribution in [0.25, 0.3) is 11.3 Å². The highest BCUT2D eigenvalue weighted by Crippen LogP contribution is 2.28. The zero-order valence-electron chi connectivity index (χ0n) is 11.5. The predicted octanol–water partition coefficient (Wildman–Crippen LogP) is 2.59. The molecule has 1 fully saturated rings. The Bertz CT molecular complexity index is 607. The first kappa shape index (κ1) is 15.5. The molecule has 2 aromatic rings. The lowest BCUT2D eigenvalue weighted by Crippen LogP contribution is -2.31. The Hall–Kier alpha value is -1.85. The molecule has 0 amide bonds. The van der Waals surface area contributed by atoms with Gasteiger partial charge in [0, 0.05) is 18.2 Å². The van der Waals surface area contributed by atoms with Crippen molar-refractivity contribution in [3.8, 4) is 11.3 Å². The number of hydrogen-bond acceptors (Lipinski definition) is 3. The highest BCUT2D eigenvalue weighted by atomic mass is 35.5. The lowest BCUT2D eigenvalue weighted by molar-refractivity contribution is 0.0692. The van der Waals surface area contributed by atoms with Crippen LogP contribution in [0.4, 0.5) is 0 Å². The smallest absolute Gasteiger partial charge is 0.356 e. The molecule has 0 radical (unpaired) electrons. The fourth-order valence-corrected chi connectivity index (χ4v) is 2.75. The standard InChI is InChI=1S/C15H17N3O2.ClH/c19-15(20)13-14(11-5-2-1-3-6-11)18(10-17-13)12-7-4-8-16-9-12;/h1-3,5-6,10,12,16H,4,7-9H2,(H,19,20);1H. The van der Waals surface area contributed by atoms with Gasteiger partial charge in [0.25, 0.3) is 0 Å². The molecule has 21 heavy (non-hydrogen) atoms. The number of aromatic carboxylic acids is 1. The summed E-state index contributed by atoms with van der Waals surface area (Å²) < 4.78 is 2.00. The molecule has 1 atom stereocenters. The number of carboxylic acids is 1. The second kappa shape index (κ2) is 6.74. The number of aromatic nitrogens is 2. The van der Waals surface area contributed by atoms with E-state index in [1.165, 1.54) is 0 Å². The minimum atomic E-state index is -0.980. The van der Waals surface area contributed by atoms with Crippen LogP contribution in [-0.2, 0) is 0 Å². The lowest BCUT2D eigenvalue weighted by atomic mass is 10.0. The second-order valence-electron chi connectivity index (χ2n) is 5.02. The summed E-state index contributed by atoms with van der Waals surface area (Å²) >= 11 is 0. The van der Waals surface area contributed by atoms with Crippen molar-refractivity contribution >= 4 is 18.4 Å². The number of nitrogens with one attached hydrogen (secondary N) is 1. The van der Waals surface area contributed by atoms with E-state index in [2.05, 4.69) is 10.3 Å². The summed E-state index contributed by atoms with van der Waals surface area (Å²) in [6.45, 7) is 1.88. The zero-order valence-corrected chi connectivity index (χ0v) is 12.3. The minimum Gasteiger partial charge on any atom is -0.476 e. The largest absolute Gasteiger partial charge is 0.476 e. The fraction of sp³-hybridized carbons (Fsp3) is 0.333. The Morgan fingerprint density at radius 3 is 2.71 bits per heavy atom. The first-order chi connectivity index (χ1) is 9.77. The van der Waals surface area contributed by atoms with E-state index < -0.39 is 5.97 Å². The molecule has 0 saturated carbocycles. The Balaban J connectivity index is 0.00000161. The van der Waals surface area contributed by atoms with Crippen LogP contribution in [0, 0.1) is 0 Å².